The van der Waals surface area contributed by atoms with E-state index >= 15 is 0 Å². The fraction of sp³-hybridized carbons (Fsp3) is 0.438. The zero-order valence-corrected chi connectivity index (χ0v) is 15.7. The van der Waals surface area contributed by atoms with Gasteiger partial charge in [-0.25, -0.2) is 9.36 Å². The van der Waals surface area contributed by atoms with Crippen molar-refractivity contribution in [1.29, 1.82) is 0 Å². The van der Waals surface area contributed by atoms with Crippen molar-refractivity contribution in [3.05, 3.63) is 34.7 Å². The Bertz CT molecular complexity index is 852. The molecule has 1 amide bonds. The maximum Gasteiger partial charge on any atom is 0.235 e. The van der Waals surface area contributed by atoms with Crippen molar-refractivity contribution in [2.24, 2.45) is 0 Å². The van der Waals surface area contributed by atoms with E-state index in [0.29, 0.717) is 17.7 Å². The summed E-state index contributed by atoms with van der Waals surface area (Å²) < 4.78 is 3.66. The molecule has 136 valence electrons. The number of nitrogens with one attached hydrogen (secondary N) is 1. The van der Waals surface area contributed by atoms with Crippen LogP contribution in [0.2, 0.25) is 0 Å². The first-order valence-electron chi connectivity index (χ1n) is 8.54. The van der Waals surface area contributed by atoms with Crippen molar-refractivity contribution < 1.29 is 4.79 Å². The Kier molecular flexibility index (Phi) is 5.30. The van der Waals surface area contributed by atoms with Gasteiger partial charge in [0.15, 0.2) is 0 Å². The lowest BCUT2D eigenvalue weighted by Gasteiger charge is -2.14. The third-order valence-corrected chi connectivity index (χ3v) is 6.14. The number of carbonyl (C=O) groups excluding carboxylic acids is 1. The molecule has 1 saturated carbocycles. The fourth-order valence-corrected chi connectivity index (χ4v) is 4.47. The van der Waals surface area contributed by atoms with E-state index in [1.54, 1.807) is 22.2 Å². The Morgan fingerprint density at radius 2 is 2.23 bits per heavy atom. The van der Waals surface area contributed by atoms with Crippen molar-refractivity contribution in [2.45, 2.75) is 43.4 Å². The van der Waals surface area contributed by atoms with Gasteiger partial charge in [-0.2, -0.15) is 5.10 Å². The molecule has 0 aliphatic heterocycles. The second-order valence-electron chi connectivity index (χ2n) is 6.13. The molecule has 1 aliphatic carbocycles. The van der Waals surface area contributed by atoms with Gasteiger partial charge < -0.3 is 5.32 Å². The Morgan fingerprint density at radius 1 is 1.35 bits per heavy atom. The minimum atomic E-state index is -0.0829. The first-order valence-corrected chi connectivity index (χ1v) is 10.4. The average molecular weight is 390 g/mol. The van der Waals surface area contributed by atoms with E-state index in [1.807, 2.05) is 28.3 Å². The molecule has 26 heavy (non-hydrogen) atoms. The lowest BCUT2D eigenvalue weighted by Crippen LogP contribution is -2.19. The molecule has 1 fully saturated rings. The second-order valence-corrected chi connectivity index (χ2v) is 8.11. The minimum absolute atomic E-state index is 0.0829. The number of anilines is 1. The number of nitrogens with zero attached hydrogens (tertiary/aromatic N) is 6. The van der Waals surface area contributed by atoms with E-state index in [-0.39, 0.29) is 11.7 Å². The molecule has 3 aromatic heterocycles. The van der Waals surface area contributed by atoms with Gasteiger partial charge >= 0.3 is 0 Å². The van der Waals surface area contributed by atoms with Crippen LogP contribution in [0.5, 0.6) is 0 Å². The highest BCUT2D eigenvalue weighted by Crippen LogP contribution is 2.31. The summed E-state index contributed by atoms with van der Waals surface area (Å²) in [7, 11) is 0. The summed E-state index contributed by atoms with van der Waals surface area (Å²) >= 11 is 2.99. The maximum absolute atomic E-state index is 12.4. The number of amides is 1. The number of hydrogen-bond acceptors (Lipinski definition) is 7. The van der Waals surface area contributed by atoms with E-state index < -0.39 is 0 Å². The van der Waals surface area contributed by atoms with E-state index in [4.69, 9.17) is 0 Å². The Labute approximate surface area is 159 Å². The Balaban J connectivity index is 1.34. The van der Waals surface area contributed by atoms with Gasteiger partial charge in [0.1, 0.15) is 5.82 Å². The highest BCUT2D eigenvalue weighted by Gasteiger charge is 2.20. The minimum Gasteiger partial charge on any atom is -0.310 e. The summed E-state index contributed by atoms with van der Waals surface area (Å²) in [4.78, 5) is 13.5. The zero-order valence-electron chi connectivity index (χ0n) is 14.1. The van der Waals surface area contributed by atoms with Crippen molar-refractivity contribution in [3.8, 4) is 0 Å². The predicted octanol–water partition coefficient (Wildman–Crippen LogP) is 2.83. The van der Waals surface area contributed by atoms with Crippen molar-refractivity contribution >= 4 is 34.8 Å². The molecular formula is C16H19N7OS2. The van der Waals surface area contributed by atoms with Gasteiger partial charge in [0, 0.05) is 10.9 Å². The van der Waals surface area contributed by atoms with Crippen LogP contribution in [-0.2, 0) is 11.3 Å². The number of carbonyl (C=O) groups is 1. The van der Waals surface area contributed by atoms with E-state index in [0.717, 1.165) is 18.7 Å². The fourth-order valence-electron chi connectivity index (χ4n) is 3.11. The molecule has 0 spiro atoms. The highest BCUT2D eigenvalue weighted by molar-refractivity contribution is 7.99. The zero-order chi connectivity index (χ0) is 17.8. The summed E-state index contributed by atoms with van der Waals surface area (Å²) in [5, 5.41) is 21.7. The van der Waals surface area contributed by atoms with Crippen molar-refractivity contribution in [2.75, 3.05) is 11.1 Å². The number of tetrazole rings is 1. The summed E-state index contributed by atoms with van der Waals surface area (Å²) in [6.07, 6.45) is 6.43. The lowest BCUT2D eigenvalue weighted by atomic mass is 10.2. The third-order valence-electron chi connectivity index (χ3n) is 4.33. The first-order chi connectivity index (χ1) is 12.8. The second kappa shape index (κ2) is 8.00. The molecule has 0 atom stereocenters. The highest BCUT2D eigenvalue weighted by atomic mass is 32.2. The maximum atomic E-state index is 12.4. The first kappa shape index (κ1) is 17.2. The van der Waals surface area contributed by atoms with Crippen molar-refractivity contribution in [1.82, 2.24) is 30.0 Å². The van der Waals surface area contributed by atoms with Gasteiger partial charge in [-0.15, -0.1) is 16.4 Å². The standard InChI is InChI=1S/C16H19N7OS2/c24-15(18-14-7-8-17-23(14)12-4-1-2-5-12)11-26-16-19-20-21-22(16)10-13-6-3-9-25-13/h3,6-9,12H,1-2,4-5,10-11H2,(H,18,24). The SMILES string of the molecule is O=C(CSc1nnnn1Cc1cccs1)Nc1ccnn1C1CCCC1. The van der Waals surface area contributed by atoms with Crippen LogP contribution in [0.25, 0.3) is 0 Å². The summed E-state index contributed by atoms with van der Waals surface area (Å²) in [6, 6.07) is 6.28. The molecule has 3 heterocycles. The molecule has 1 N–H and O–H groups in total. The molecule has 10 heteroatoms. The molecule has 1 aliphatic rings. The number of aromatic nitrogens is 6. The molecule has 0 unspecified atom stereocenters. The van der Waals surface area contributed by atoms with E-state index in [1.165, 1.54) is 29.5 Å². The van der Waals surface area contributed by atoms with Crippen molar-refractivity contribution in [3.63, 3.8) is 0 Å². The third kappa shape index (κ3) is 3.96. The van der Waals surface area contributed by atoms with Crippen LogP contribution < -0.4 is 5.32 Å². The molecule has 0 saturated heterocycles. The van der Waals surface area contributed by atoms with Crippen LogP contribution in [-0.4, -0.2) is 41.6 Å². The van der Waals surface area contributed by atoms with Gasteiger partial charge in [0.05, 0.1) is 24.5 Å². The predicted molar refractivity (Wildman–Crippen MR) is 100 cm³/mol. The summed E-state index contributed by atoms with van der Waals surface area (Å²) in [5.74, 6) is 0.932. The van der Waals surface area contributed by atoms with E-state index in [2.05, 4.69) is 25.9 Å². The lowest BCUT2D eigenvalue weighted by molar-refractivity contribution is -0.113. The number of hydrogen-bond donors (Lipinski definition) is 1. The molecule has 0 bridgehead atoms. The number of thioether (sulfide) groups is 1. The Hall–Kier alpha value is -2.20. The normalized spacial score (nSPS) is 14.8. The van der Waals surface area contributed by atoms with Crippen LogP contribution in [0.15, 0.2) is 34.9 Å². The molecule has 0 aromatic carbocycles. The van der Waals surface area contributed by atoms with Crippen LogP contribution in [0.1, 0.15) is 36.6 Å². The van der Waals surface area contributed by atoms with Gasteiger partial charge in [0.2, 0.25) is 11.1 Å². The van der Waals surface area contributed by atoms with Crippen LogP contribution >= 0.6 is 23.1 Å². The van der Waals surface area contributed by atoms with Gasteiger partial charge in [-0.05, 0) is 34.7 Å². The summed E-state index contributed by atoms with van der Waals surface area (Å²) in [5.41, 5.74) is 0. The molecule has 3 aromatic rings. The topological polar surface area (TPSA) is 90.5 Å². The quantitative estimate of drug-likeness (QED) is 0.625. The largest absolute Gasteiger partial charge is 0.310 e. The molecule has 8 nitrogen and oxygen atoms in total. The monoisotopic (exact) mass is 389 g/mol. The van der Waals surface area contributed by atoms with Crippen LogP contribution in [0, 0.1) is 0 Å². The number of thiophene rings is 1. The molecular weight excluding hydrogens is 370 g/mol. The summed E-state index contributed by atoms with van der Waals surface area (Å²) in [6.45, 7) is 0.614. The van der Waals surface area contributed by atoms with Gasteiger partial charge in [-0.3, -0.25) is 4.79 Å². The smallest absolute Gasteiger partial charge is 0.235 e. The van der Waals surface area contributed by atoms with Gasteiger partial charge in [0.25, 0.3) is 0 Å². The van der Waals surface area contributed by atoms with Crippen LogP contribution in [0.4, 0.5) is 5.82 Å². The number of rotatable bonds is 7. The molecule has 0 radical (unpaired) electrons. The van der Waals surface area contributed by atoms with Crippen LogP contribution in [0.3, 0.4) is 0 Å². The average Bonchev–Trinajstić information content (AvgIpc) is 3.42. The van der Waals surface area contributed by atoms with E-state index in [9.17, 15) is 4.79 Å². The Morgan fingerprint density at radius 3 is 3.04 bits per heavy atom. The molecule has 4 rings (SSSR count). The van der Waals surface area contributed by atoms with Gasteiger partial charge in [-0.1, -0.05) is 30.7 Å².